The van der Waals surface area contributed by atoms with Crippen molar-refractivity contribution >= 4 is 11.7 Å². The first-order chi connectivity index (χ1) is 13.4. The van der Waals surface area contributed by atoms with E-state index in [-0.39, 0.29) is 12.6 Å². The van der Waals surface area contributed by atoms with Crippen LogP contribution in [0.4, 0.5) is 23.7 Å². The van der Waals surface area contributed by atoms with Crippen LogP contribution in [0.1, 0.15) is 11.1 Å². The Balaban J connectivity index is 1.50. The summed E-state index contributed by atoms with van der Waals surface area (Å²) in [4.78, 5) is 16.2. The molecule has 150 valence electrons. The van der Waals surface area contributed by atoms with Crippen LogP contribution in [0.5, 0.6) is 5.75 Å². The van der Waals surface area contributed by atoms with Gasteiger partial charge in [-0.2, -0.15) is 13.2 Å². The van der Waals surface area contributed by atoms with Crippen molar-refractivity contribution in [2.24, 2.45) is 0 Å². The van der Waals surface area contributed by atoms with Crippen LogP contribution < -0.4 is 15.0 Å². The molecule has 1 saturated heterocycles. The minimum Gasteiger partial charge on any atom is -0.495 e. The topological polar surface area (TPSA) is 44.8 Å². The normalized spacial score (nSPS) is 14.7. The smallest absolute Gasteiger partial charge is 0.416 e. The molecule has 1 fully saturated rings. The van der Waals surface area contributed by atoms with E-state index in [1.807, 2.05) is 24.3 Å². The molecule has 2 amide bonds. The van der Waals surface area contributed by atoms with E-state index in [1.54, 1.807) is 12.0 Å². The second-order valence-electron chi connectivity index (χ2n) is 6.50. The van der Waals surface area contributed by atoms with Crippen LogP contribution in [0.25, 0.3) is 0 Å². The molecule has 0 aromatic heterocycles. The molecule has 1 aliphatic rings. The molecule has 1 aliphatic heterocycles. The molecule has 1 N–H and O–H groups in total. The number of urea groups is 1. The zero-order chi connectivity index (χ0) is 20.1. The average molecular weight is 393 g/mol. The van der Waals surface area contributed by atoms with E-state index < -0.39 is 11.7 Å². The van der Waals surface area contributed by atoms with Crippen molar-refractivity contribution in [1.82, 2.24) is 10.2 Å². The Kier molecular flexibility index (Phi) is 5.96. The van der Waals surface area contributed by atoms with E-state index in [0.717, 1.165) is 23.6 Å². The molecule has 2 aromatic carbocycles. The molecule has 0 bridgehead atoms. The van der Waals surface area contributed by atoms with Gasteiger partial charge in [0.2, 0.25) is 0 Å². The van der Waals surface area contributed by atoms with E-state index in [2.05, 4.69) is 10.2 Å². The van der Waals surface area contributed by atoms with Crippen LogP contribution in [0.15, 0.2) is 48.5 Å². The highest BCUT2D eigenvalue weighted by Gasteiger charge is 2.30. The molecule has 8 heteroatoms. The maximum atomic E-state index is 12.6. The lowest BCUT2D eigenvalue weighted by molar-refractivity contribution is -0.137. The fourth-order valence-electron chi connectivity index (χ4n) is 3.14. The minimum atomic E-state index is -4.36. The summed E-state index contributed by atoms with van der Waals surface area (Å²) in [6.45, 7) is 2.64. The lowest BCUT2D eigenvalue weighted by Crippen LogP contribution is -2.51. The molecule has 2 aromatic rings. The maximum Gasteiger partial charge on any atom is 0.416 e. The fourth-order valence-corrected chi connectivity index (χ4v) is 3.14. The van der Waals surface area contributed by atoms with Gasteiger partial charge < -0.3 is 19.9 Å². The molecule has 1 heterocycles. The van der Waals surface area contributed by atoms with Crippen LogP contribution >= 0.6 is 0 Å². The lowest BCUT2D eigenvalue weighted by atomic mass is 10.1. The lowest BCUT2D eigenvalue weighted by Gasteiger charge is -2.36. The number of amides is 2. The standard InChI is InChI=1S/C20H22F3N3O2/c1-28-18-5-3-2-4-17(18)25-10-12-26(13-11-25)19(27)24-14-15-6-8-16(9-7-15)20(21,22)23/h2-9H,10-14H2,1H3,(H,24,27). The number of methoxy groups -OCH3 is 1. The Hall–Kier alpha value is -2.90. The van der Waals surface area contributed by atoms with Crippen LogP contribution in [-0.4, -0.2) is 44.2 Å². The number of halogens is 3. The van der Waals surface area contributed by atoms with Gasteiger partial charge in [-0.25, -0.2) is 4.79 Å². The first-order valence-corrected chi connectivity index (χ1v) is 8.95. The summed E-state index contributed by atoms with van der Waals surface area (Å²) in [7, 11) is 1.63. The van der Waals surface area contributed by atoms with Crippen molar-refractivity contribution in [1.29, 1.82) is 0 Å². The Morgan fingerprint density at radius 1 is 1.04 bits per heavy atom. The molecule has 0 radical (unpaired) electrons. The number of hydrogen-bond donors (Lipinski definition) is 1. The molecular formula is C20H22F3N3O2. The highest BCUT2D eigenvalue weighted by Crippen LogP contribution is 2.29. The summed E-state index contributed by atoms with van der Waals surface area (Å²) < 4.78 is 43.2. The molecule has 0 spiro atoms. The van der Waals surface area contributed by atoms with Crippen molar-refractivity contribution in [2.45, 2.75) is 12.7 Å². The summed E-state index contributed by atoms with van der Waals surface area (Å²) in [5.74, 6) is 0.794. The van der Waals surface area contributed by atoms with E-state index in [9.17, 15) is 18.0 Å². The Morgan fingerprint density at radius 3 is 2.29 bits per heavy atom. The van der Waals surface area contributed by atoms with Crippen molar-refractivity contribution in [2.75, 3.05) is 38.2 Å². The fraction of sp³-hybridized carbons (Fsp3) is 0.350. The van der Waals surface area contributed by atoms with E-state index in [0.29, 0.717) is 31.7 Å². The number of carbonyl (C=O) groups excluding carboxylic acids is 1. The van der Waals surface area contributed by atoms with Crippen molar-refractivity contribution in [3.05, 3.63) is 59.7 Å². The number of benzene rings is 2. The molecule has 28 heavy (non-hydrogen) atoms. The number of ether oxygens (including phenoxy) is 1. The summed E-state index contributed by atoms with van der Waals surface area (Å²) in [6, 6.07) is 12.3. The van der Waals surface area contributed by atoms with E-state index in [4.69, 9.17) is 4.74 Å². The number of nitrogens with zero attached hydrogens (tertiary/aromatic N) is 2. The predicted molar refractivity (Wildman–Crippen MR) is 100 cm³/mol. The summed E-state index contributed by atoms with van der Waals surface area (Å²) in [5, 5.41) is 2.77. The van der Waals surface area contributed by atoms with Gasteiger partial charge in [0.15, 0.2) is 0 Å². The number of hydrogen-bond acceptors (Lipinski definition) is 3. The third-order valence-corrected chi connectivity index (χ3v) is 4.72. The average Bonchev–Trinajstić information content (AvgIpc) is 2.71. The molecule has 5 nitrogen and oxygen atoms in total. The summed E-state index contributed by atoms with van der Waals surface area (Å²) in [6.07, 6.45) is -4.36. The second kappa shape index (κ2) is 8.41. The Labute approximate surface area is 161 Å². The quantitative estimate of drug-likeness (QED) is 0.861. The number of alkyl halides is 3. The molecule has 0 unspecified atom stereocenters. The highest BCUT2D eigenvalue weighted by molar-refractivity contribution is 5.74. The number of anilines is 1. The highest BCUT2D eigenvalue weighted by atomic mass is 19.4. The van der Waals surface area contributed by atoms with Gasteiger partial charge in [-0.3, -0.25) is 0 Å². The molecule has 3 rings (SSSR count). The van der Waals surface area contributed by atoms with Crippen molar-refractivity contribution in [3.8, 4) is 5.75 Å². The van der Waals surface area contributed by atoms with Crippen LogP contribution in [0.3, 0.4) is 0 Å². The Morgan fingerprint density at radius 2 is 1.68 bits per heavy atom. The first-order valence-electron chi connectivity index (χ1n) is 8.95. The van der Waals surface area contributed by atoms with Gasteiger partial charge in [0, 0.05) is 32.7 Å². The molecular weight excluding hydrogens is 371 g/mol. The third-order valence-electron chi connectivity index (χ3n) is 4.72. The minimum absolute atomic E-state index is 0.184. The van der Waals surface area contributed by atoms with Gasteiger partial charge in [0.25, 0.3) is 0 Å². The number of nitrogens with one attached hydrogen (secondary N) is 1. The number of piperazine rings is 1. The zero-order valence-electron chi connectivity index (χ0n) is 15.5. The third kappa shape index (κ3) is 4.68. The second-order valence-corrected chi connectivity index (χ2v) is 6.50. The zero-order valence-corrected chi connectivity index (χ0v) is 15.5. The van der Waals surface area contributed by atoms with E-state index >= 15 is 0 Å². The number of para-hydroxylation sites is 2. The van der Waals surface area contributed by atoms with E-state index in [1.165, 1.54) is 12.1 Å². The molecule has 0 atom stereocenters. The number of carbonyl (C=O) groups is 1. The monoisotopic (exact) mass is 393 g/mol. The van der Waals surface area contributed by atoms with Gasteiger partial charge in [0.05, 0.1) is 18.4 Å². The van der Waals surface area contributed by atoms with Crippen LogP contribution in [0.2, 0.25) is 0 Å². The number of rotatable bonds is 4. The van der Waals surface area contributed by atoms with Crippen LogP contribution in [0, 0.1) is 0 Å². The SMILES string of the molecule is COc1ccccc1N1CCN(C(=O)NCc2ccc(C(F)(F)F)cc2)CC1. The Bertz CT molecular complexity index is 801. The van der Waals surface area contributed by atoms with Crippen LogP contribution in [-0.2, 0) is 12.7 Å². The van der Waals surface area contributed by atoms with Gasteiger partial charge in [-0.1, -0.05) is 24.3 Å². The largest absolute Gasteiger partial charge is 0.495 e. The molecule has 0 saturated carbocycles. The van der Waals surface area contributed by atoms with Gasteiger partial charge in [-0.05, 0) is 29.8 Å². The first kappa shape index (κ1) is 19.9. The van der Waals surface area contributed by atoms with Gasteiger partial charge in [-0.15, -0.1) is 0 Å². The summed E-state index contributed by atoms with van der Waals surface area (Å²) >= 11 is 0. The predicted octanol–water partition coefficient (Wildman–Crippen LogP) is 3.75. The van der Waals surface area contributed by atoms with Gasteiger partial charge in [0.1, 0.15) is 5.75 Å². The maximum absolute atomic E-state index is 12.6. The van der Waals surface area contributed by atoms with Gasteiger partial charge >= 0.3 is 12.2 Å². The van der Waals surface area contributed by atoms with Crippen molar-refractivity contribution < 1.29 is 22.7 Å². The van der Waals surface area contributed by atoms with Crippen molar-refractivity contribution in [3.63, 3.8) is 0 Å². The molecule has 0 aliphatic carbocycles. The summed E-state index contributed by atoms with van der Waals surface area (Å²) in [5.41, 5.74) is 0.916.